The first-order valence-corrected chi connectivity index (χ1v) is 5.60. The second kappa shape index (κ2) is 5.50. The zero-order valence-electron chi connectivity index (χ0n) is 8.82. The van der Waals surface area contributed by atoms with Gasteiger partial charge in [-0.15, -0.1) is 11.3 Å². The van der Waals surface area contributed by atoms with Gasteiger partial charge in [-0.3, -0.25) is 9.59 Å². The van der Waals surface area contributed by atoms with Gasteiger partial charge in [0.05, 0.1) is 11.4 Å². The SMILES string of the molecule is CCN(CC(=O)NC)C(=O)c1cccs1. The van der Waals surface area contributed by atoms with Crippen LogP contribution in [0, 0.1) is 0 Å². The highest BCUT2D eigenvalue weighted by atomic mass is 32.1. The van der Waals surface area contributed by atoms with Crippen molar-refractivity contribution in [2.45, 2.75) is 6.92 Å². The molecule has 0 fully saturated rings. The largest absolute Gasteiger partial charge is 0.358 e. The Hall–Kier alpha value is -1.36. The number of hydrogen-bond donors (Lipinski definition) is 1. The molecule has 15 heavy (non-hydrogen) atoms. The van der Waals surface area contributed by atoms with E-state index in [-0.39, 0.29) is 18.4 Å². The molecule has 5 heteroatoms. The zero-order chi connectivity index (χ0) is 11.3. The Morgan fingerprint density at radius 3 is 2.73 bits per heavy atom. The minimum atomic E-state index is -0.151. The van der Waals surface area contributed by atoms with Crippen LogP contribution in [0.25, 0.3) is 0 Å². The lowest BCUT2D eigenvalue weighted by Crippen LogP contribution is -2.39. The molecule has 4 nitrogen and oxygen atoms in total. The first-order chi connectivity index (χ1) is 7.19. The van der Waals surface area contributed by atoms with Gasteiger partial charge in [-0.2, -0.15) is 0 Å². The maximum absolute atomic E-state index is 11.8. The molecule has 1 N–H and O–H groups in total. The van der Waals surface area contributed by atoms with Crippen LogP contribution in [-0.4, -0.2) is 36.9 Å². The minimum Gasteiger partial charge on any atom is -0.358 e. The molecule has 0 aliphatic carbocycles. The van der Waals surface area contributed by atoms with Crippen LogP contribution in [0.4, 0.5) is 0 Å². The van der Waals surface area contributed by atoms with E-state index in [1.165, 1.54) is 16.2 Å². The van der Waals surface area contributed by atoms with E-state index >= 15 is 0 Å². The minimum absolute atomic E-state index is 0.0869. The summed E-state index contributed by atoms with van der Waals surface area (Å²) >= 11 is 1.39. The third-order valence-corrected chi connectivity index (χ3v) is 2.87. The van der Waals surface area contributed by atoms with Gasteiger partial charge in [0, 0.05) is 13.6 Å². The molecule has 0 bridgehead atoms. The third-order valence-electron chi connectivity index (χ3n) is 2.01. The van der Waals surface area contributed by atoms with Crippen LogP contribution in [0.15, 0.2) is 17.5 Å². The van der Waals surface area contributed by atoms with E-state index < -0.39 is 0 Å². The first-order valence-electron chi connectivity index (χ1n) is 4.72. The van der Waals surface area contributed by atoms with Crippen LogP contribution in [0.3, 0.4) is 0 Å². The Kier molecular flexibility index (Phi) is 4.30. The highest BCUT2D eigenvalue weighted by Crippen LogP contribution is 2.11. The van der Waals surface area contributed by atoms with Crippen molar-refractivity contribution in [3.8, 4) is 0 Å². The monoisotopic (exact) mass is 226 g/mol. The predicted octanol–water partition coefficient (Wildman–Crippen LogP) is 0.956. The van der Waals surface area contributed by atoms with Crippen LogP contribution in [-0.2, 0) is 4.79 Å². The van der Waals surface area contributed by atoms with Crippen molar-refractivity contribution in [3.63, 3.8) is 0 Å². The van der Waals surface area contributed by atoms with Crippen LogP contribution in [0.5, 0.6) is 0 Å². The number of hydrogen-bond acceptors (Lipinski definition) is 3. The number of rotatable bonds is 4. The van der Waals surface area contributed by atoms with Crippen molar-refractivity contribution in [1.82, 2.24) is 10.2 Å². The Morgan fingerprint density at radius 2 is 2.27 bits per heavy atom. The molecule has 0 unspecified atom stereocenters. The summed E-state index contributed by atoms with van der Waals surface area (Å²) in [6, 6.07) is 3.59. The summed E-state index contributed by atoms with van der Waals surface area (Å²) in [6.07, 6.45) is 0. The van der Waals surface area contributed by atoms with Crippen LogP contribution < -0.4 is 5.32 Å². The molecule has 0 saturated carbocycles. The smallest absolute Gasteiger partial charge is 0.264 e. The molecular formula is C10H14N2O2S. The Bertz CT molecular complexity index is 335. The number of carbonyl (C=O) groups excluding carboxylic acids is 2. The van der Waals surface area contributed by atoms with E-state index in [2.05, 4.69) is 5.32 Å². The zero-order valence-corrected chi connectivity index (χ0v) is 9.63. The molecule has 1 aromatic heterocycles. The van der Waals surface area contributed by atoms with Gasteiger partial charge in [0.1, 0.15) is 0 Å². The molecular weight excluding hydrogens is 212 g/mol. The molecule has 1 heterocycles. The number of nitrogens with one attached hydrogen (secondary N) is 1. The summed E-state index contributed by atoms with van der Waals surface area (Å²) in [4.78, 5) is 25.2. The van der Waals surface area contributed by atoms with Gasteiger partial charge in [-0.05, 0) is 18.4 Å². The number of amides is 2. The molecule has 0 saturated heterocycles. The molecule has 0 atom stereocenters. The summed E-state index contributed by atoms with van der Waals surface area (Å²) in [5.41, 5.74) is 0. The summed E-state index contributed by atoms with van der Waals surface area (Å²) in [7, 11) is 1.56. The number of thiophene rings is 1. The molecule has 0 radical (unpaired) electrons. The average molecular weight is 226 g/mol. The fourth-order valence-electron chi connectivity index (χ4n) is 1.14. The maximum Gasteiger partial charge on any atom is 0.264 e. The van der Waals surface area contributed by atoms with Crippen LogP contribution in [0.1, 0.15) is 16.6 Å². The maximum atomic E-state index is 11.8. The van der Waals surface area contributed by atoms with E-state index in [4.69, 9.17) is 0 Å². The van der Waals surface area contributed by atoms with Crippen molar-refractivity contribution >= 4 is 23.2 Å². The number of nitrogens with zero attached hydrogens (tertiary/aromatic N) is 1. The van der Waals surface area contributed by atoms with Gasteiger partial charge >= 0.3 is 0 Å². The van der Waals surface area contributed by atoms with Crippen molar-refractivity contribution in [2.75, 3.05) is 20.1 Å². The molecule has 1 aromatic rings. The second-order valence-electron chi connectivity index (χ2n) is 2.97. The average Bonchev–Trinajstić information content (AvgIpc) is 2.77. The molecule has 0 aliphatic rings. The molecule has 0 spiro atoms. The molecule has 2 amide bonds. The van der Waals surface area contributed by atoms with E-state index in [1.807, 2.05) is 18.4 Å². The lowest BCUT2D eigenvalue weighted by molar-refractivity contribution is -0.121. The fourth-order valence-corrected chi connectivity index (χ4v) is 1.83. The lowest BCUT2D eigenvalue weighted by Gasteiger charge is -2.18. The third kappa shape index (κ3) is 3.06. The van der Waals surface area contributed by atoms with Crippen LogP contribution in [0.2, 0.25) is 0 Å². The topological polar surface area (TPSA) is 49.4 Å². The van der Waals surface area contributed by atoms with E-state index in [0.717, 1.165) is 0 Å². The van der Waals surface area contributed by atoms with Crippen molar-refractivity contribution < 1.29 is 9.59 Å². The van der Waals surface area contributed by atoms with Crippen molar-refractivity contribution in [3.05, 3.63) is 22.4 Å². The summed E-state index contributed by atoms with van der Waals surface area (Å²) in [6.45, 7) is 2.50. The molecule has 0 aliphatic heterocycles. The molecule has 82 valence electrons. The van der Waals surface area contributed by atoms with Crippen molar-refractivity contribution in [2.24, 2.45) is 0 Å². The van der Waals surface area contributed by atoms with Gasteiger partial charge in [0.15, 0.2) is 0 Å². The Morgan fingerprint density at radius 1 is 1.53 bits per heavy atom. The highest BCUT2D eigenvalue weighted by molar-refractivity contribution is 7.12. The second-order valence-corrected chi connectivity index (χ2v) is 3.92. The Labute approximate surface area is 92.9 Å². The summed E-state index contributed by atoms with van der Waals surface area (Å²) < 4.78 is 0. The van der Waals surface area contributed by atoms with E-state index in [0.29, 0.717) is 11.4 Å². The number of carbonyl (C=O) groups is 2. The number of likely N-dealkylation sites (N-methyl/N-ethyl adjacent to an activating group) is 2. The van der Waals surface area contributed by atoms with E-state index in [1.54, 1.807) is 13.1 Å². The predicted molar refractivity (Wildman–Crippen MR) is 60.0 cm³/mol. The van der Waals surface area contributed by atoms with Gasteiger partial charge in [-0.25, -0.2) is 0 Å². The van der Waals surface area contributed by atoms with E-state index in [9.17, 15) is 9.59 Å². The molecule has 1 rings (SSSR count). The van der Waals surface area contributed by atoms with Crippen molar-refractivity contribution in [1.29, 1.82) is 0 Å². The van der Waals surface area contributed by atoms with Gasteiger partial charge in [0.25, 0.3) is 5.91 Å². The lowest BCUT2D eigenvalue weighted by atomic mass is 10.3. The fraction of sp³-hybridized carbons (Fsp3) is 0.400. The highest BCUT2D eigenvalue weighted by Gasteiger charge is 2.16. The summed E-state index contributed by atoms with van der Waals surface area (Å²) in [5.74, 6) is -0.238. The summed E-state index contributed by atoms with van der Waals surface area (Å²) in [5, 5.41) is 4.35. The standard InChI is InChI=1S/C10H14N2O2S/c1-3-12(7-9(13)11-2)10(14)8-5-4-6-15-8/h4-6H,3,7H2,1-2H3,(H,11,13). The normalized spacial score (nSPS) is 9.73. The van der Waals surface area contributed by atoms with Gasteiger partial charge < -0.3 is 10.2 Å². The van der Waals surface area contributed by atoms with Gasteiger partial charge in [-0.1, -0.05) is 6.07 Å². The first kappa shape index (κ1) is 11.7. The quantitative estimate of drug-likeness (QED) is 0.831. The van der Waals surface area contributed by atoms with Gasteiger partial charge in [0.2, 0.25) is 5.91 Å². The Balaban J connectivity index is 2.67. The van der Waals surface area contributed by atoms with Crippen LogP contribution >= 0.6 is 11.3 Å². The molecule has 0 aromatic carbocycles.